The molecule has 20 heavy (non-hydrogen) atoms. The standard InChI is InChI=1S/C14H16FNO3S/c1-3-12-16(11(7-20-12)14(18)19)13(17)9-4-5-10(15)8(2)6-9/h4-6,11-12H,3,7H2,1-2H3,(H,18,19). The van der Waals surface area contributed by atoms with Gasteiger partial charge in [-0.15, -0.1) is 11.8 Å². The van der Waals surface area contributed by atoms with Crippen LogP contribution in [-0.4, -0.2) is 39.1 Å². The number of carbonyl (C=O) groups is 2. The smallest absolute Gasteiger partial charge is 0.327 e. The van der Waals surface area contributed by atoms with Crippen LogP contribution in [0.15, 0.2) is 18.2 Å². The Kier molecular flexibility index (Phi) is 4.32. The van der Waals surface area contributed by atoms with Gasteiger partial charge < -0.3 is 10.0 Å². The van der Waals surface area contributed by atoms with Gasteiger partial charge in [-0.3, -0.25) is 4.79 Å². The van der Waals surface area contributed by atoms with Crippen LogP contribution in [0.2, 0.25) is 0 Å². The van der Waals surface area contributed by atoms with Gasteiger partial charge in [-0.25, -0.2) is 9.18 Å². The maximum atomic E-state index is 13.3. The van der Waals surface area contributed by atoms with Gasteiger partial charge in [0.15, 0.2) is 0 Å². The third-order valence-corrected chi connectivity index (χ3v) is 4.82. The van der Waals surface area contributed by atoms with Crippen molar-refractivity contribution >= 4 is 23.6 Å². The van der Waals surface area contributed by atoms with E-state index in [-0.39, 0.29) is 17.1 Å². The van der Waals surface area contributed by atoms with Crippen LogP contribution >= 0.6 is 11.8 Å². The molecule has 2 atom stereocenters. The predicted octanol–water partition coefficient (Wildman–Crippen LogP) is 2.51. The lowest BCUT2D eigenvalue weighted by molar-refractivity contribution is -0.141. The van der Waals surface area contributed by atoms with Gasteiger partial charge in [0.2, 0.25) is 0 Å². The van der Waals surface area contributed by atoms with Crippen molar-refractivity contribution in [3.8, 4) is 0 Å². The third kappa shape index (κ3) is 2.65. The van der Waals surface area contributed by atoms with Crippen molar-refractivity contribution in [2.75, 3.05) is 5.75 Å². The van der Waals surface area contributed by atoms with Crippen molar-refractivity contribution in [1.29, 1.82) is 0 Å². The van der Waals surface area contributed by atoms with Crippen molar-refractivity contribution < 1.29 is 19.1 Å². The molecule has 1 aromatic rings. The second kappa shape index (κ2) is 5.83. The Balaban J connectivity index is 2.33. The highest BCUT2D eigenvalue weighted by Gasteiger charge is 2.41. The Bertz CT molecular complexity index is 549. The van der Waals surface area contributed by atoms with Crippen molar-refractivity contribution in [2.45, 2.75) is 31.7 Å². The van der Waals surface area contributed by atoms with Crippen LogP contribution in [0.3, 0.4) is 0 Å². The van der Waals surface area contributed by atoms with Gasteiger partial charge in [-0.05, 0) is 37.1 Å². The fourth-order valence-electron chi connectivity index (χ4n) is 2.27. The molecule has 0 radical (unpaired) electrons. The maximum absolute atomic E-state index is 13.3. The maximum Gasteiger partial charge on any atom is 0.327 e. The van der Waals surface area contributed by atoms with Gasteiger partial charge in [0.1, 0.15) is 11.9 Å². The fourth-order valence-corrected chi connectivity index (χ4v) is 3.61. The minimum absolute atomic E-state index is 0.144. The van der Waals surface area contributed by atoms with E-state index < -0.39 is 12.0 Å². The molecule has 2 unspecified atom stereocenters. The number of carboxylic acid groups (broad SMARTS) is 1. The Labute approximate surface area is 121 Å². The summed E-state index contributed by atoms with van der Waals surface area (Å²) in [5, 5.41) is 9.08. The molecule has 1 fully saturated rings. The number of amides is 1. The van der Waals surface area contributed by atoms with E-state index in [1.807, 2.05) is 6.92 Å². The van der Waals surface area contributed by atoms with Crippen LogP contribution in [0.4, 0.5) is 4.39 Å². The third-order valence-electron chi connectivity index (χ3n) is 3.37. The van der Waals surface area contributed by atoms with E-state index in [1.165, 1.54) is 34.9 Å². The topological polar surface area (TPSA) is 57.6 Å². The summed E-state index contributed by atoms with van der Waals surface area (Å²) in [5.41, 5.74) is 0.707. The first-order valence-corrected chi connectivity index (χ1v) is 7.43. The molecule has 6 heteroatoms. The Morgan fingerprint density at radius 1 is 1.50 bits per heavy atom. The predicted molar refractivity (Wildman–Crippen MR) is 75.3 cm³/mol. The number of halogens is 1. The zero-order chi connectivity index (χ0) is 14.9. The van der Waals surface area contributed by atoms with E-state index in [1.54, 1.807) is 6.92 Å². The van der Waals surface area contributed by atoms with Crippen LogP contribution in [0, 0.1) is 12.7 Å². The summed E-state index contributed by atoms with van der Waals surface area (Å²) in [6.45, 7) is 3.49. The summed E-state index contributed by atoms with van der Waals surface area (Å²) >= 11 is 1.47. The lowest BCUT2D eigenvalue weighted by Crippen LogP contribution is -2.45. The molecule has 1 heterocycles. The number of hydrogen-bond donors (Lipinski definition) is 1. The lowest BCUT2D eigenvalue weighted by Gasteiger charge is -2.26. The Morgan fingerprint density at radius 2 is 2.20 bits per heavy atom. The number of benzene rings is 1. The highest BCUT2D eigenvalue weighted by Crippen LogP contribution is 2.32. The molecule has 4 nitrogen and oxygen atoms in total. The summed E-state index contributed by atoms with van der Waals surface area (Å²) in [5.74, 6) is -1.34. The van der Waals surface area contributed by atoms with Gasteiger partial charge in [-0.1, -0.05) is 6.92 Å². The minimum atomic E-state index is -0.999. The number of nitrogens with zero attached hydrogens (tertiary/aromatic N) is 1. The summed E-state index contributed by atoms with van der Waals surface area (Å²) < 4.78 is 13.3. The molecule has 0 saturated carbocycles. The van der Waals surface area contributed by atoms with E-state index in [0.29, 0.717) is 23.3 Å². The van der Waals surface area contributed by atoms with Crippen LogP contribution in [0.5, 0.6) is 0 Å². The SMILES string of the molecule is CCC1SCC(C(=O)O)N1C(=O)c1ccc(F)c(C)c1. The van der Waals surface area contributed by atoms with Crippen molar-refractivity contribution in [2.24, 2.45) is 0 Å². The monoisotopic (exact) mass is 297 g/mol. The first kappa shape index (κ1) is 14.8. The molecule has 1 amide bonds. The second-order valence-electron chi connectivity index (χ2n) is 4.73. The Morgan fingerprint density at radius 3 is 2.75 bits per heavy atom. The van der Waals surface area contributed by atoms with Crippen molar-refractivity contribution in [3.05, 3.63) is 35.1 Å². The first-order chi connectivity index (χ1) is 9.45. The number of thioether (sulfide) groups is 1. The van der Waals surface area contributed by atoms with E-state index in [9.17, 15) is 19.1 Å². The molecule has 0 aromatic heterocycles. The molecule has 1 aromatic carbocycles. The van der Waals surface area contributed by atoms with Crippen LogP contribution in [0.1, 0.15) is 29.3 Å². The average molecular weight is 297 g/mol. The molecule has 1 aliphatic heterocycles. The number of hydrogen-bond acceptors (Lipinski definition) is 3. The number of aryl methyl sites for hydroxylation is 1. The first-order valence-electron chi connectivity index (χ1n) is 6.39. The van der Waals surface area contributed by atoms with Gasteiger partial charge in [0.25, 0.3) is 5.91 Å². The number of aliphatic carboxylic acids is 1. The molecule has 1 saturated heterocycles. The molecule has 1 N–H and O–H groups in total. The van der Waals surface area contributed by atoms with Gasteiger partial charge in [0.05, 0.1) is 5.37 Å². The van der Waals surface area contributed by atoms with Crippen LogP contribution in [-0.2, 0) is 4.79 Å². The molecule has 0 aliphatic carbocycles. The quantitative estimate of drug-likeness (QED) is 0.931. The van der Waals surface area contributed by atoms with Crippen LogP contribution < -0.4 is 0 Å². The summed E-state index contributed by atoms with van der Waals surface area (Å²) in [6, 6.07) is 3.29. The number of rotatable bonds is 3. The van der Waals surface area contributed by atoms with Gasteiger partial charge >= 0.3 is 5.97 Å². The normalized spacial score (nSPS) is 22.1. The fraction of sp³-hybridized carbons (Fsp3) is 0.429. The lowest BCUT2D eigenvalue weighted by atomic mass is 10.1. The average Bonchev–Trinajstić information content (AvgIpc) is 2.85. The molecule has 0 spiro atoms. The number of carbonyl (C=O) groups excluding carboxylic acids is 1. The highest BCUT2D eigenvalue weighted by molar-refractivity contribution is 8.00. The summed E-state index contributed by atoms with van der Waals surface area (Å²) in [6.07, 6.45) is 0.681. The summed E-state index contributed by atoms with van der Waals surface area (Å²) in [4.78, 5) is 25.2. The molecule has 0 bridgehead atoms. The summed E-state index contributed by atoms with van der Waals surface area (Å²) in [7, 11) is 0. The van der Waals surface area contributed by atoms with E-state index >= 15 is 0 Å². The molecular formula is C14H16FNO3S. The van der Waals surface area contributed by atoms with Gasteiger partial charge in [-0.2, -0.15) is 0 Å². The van der Waals surface area contributed by atoms with E-state index in [4.69, 9.17) is 0 Å². The Hall–Kier alpha value is -1.56. The minimum Gasteiger partial charge on any atom is -0.480 e. The van der Waals surface area contributed by atoms with Crippen LogP contribution in [0.25, 0.3) is 0 Å². The zero-order valence-corrected chi connectivity index (χ0v) is 12.1. The highest BCUT2D eigenvalue weighted by atomic mass is 32.2. The molecule has 108 valence electrons. The second-order valence-corrected chi connectivity index (χ2v) is 5.94. The molecule has 1 aliphatic rings. The number of carboxylic acids is 1. The molecular weight excluding hydrogens is 281 g/mol. The van der Waals surface area contributed by atoms with Crippen molar-refractivity contribution in [3.63, 3.8) is 0 Å². The largest absolute Gasteiger partial charge is 0.480 e. The van der Waals surface area contributed by atoms with Crippen molar-refractivity contribution in [1.82, 2.24) is 4.90 Å². The molecule has 2 rings (SSSR count). The zero-order valence-electron chi connectivity index (χ0n) is 11.3. The van der Waals surface area contributed by atoms with E-state index in [2.05, 4.69) is 0 Å². The van der Waals surface area contributed by atoms with E-state index in [0.717, 1.165) is 0 Å². The van der Waals surface area contributed by atoms with Gasteiger partial charge in [0, 0.05) is 11.3 Å².